The Labute approximate surface area is 175 Å². The molecule has 1 heterocycles. The predicted molar refractivity (Wildman–Crippen MR) is 111 cm³/mol. The predicted octanol–water partition coefficient (Wildman–Crippen LogP) is 0.920. The first-order valence-electron chi connectivity index (χ1n) is 9.47. The van der Waals surface area contributed by atoms with Crippen LogP contribution in [0.4, 0.5) is 16.2 Å². The molecule has 1 saturated heterocycles. The number of nitrogens with one attached hydrogen (secondary N) is 2. The highest BCUT2D eigenvalue weighted by atomic mass is 32.2. The minimum atomic E-state index is -3.56. The lowest BCUT2D eigenvalue weighted by Gasteiger charge is -2.33. The van der Waals surface area contributed by atoms with E-state index in [4.69, 9.17) is 0 Å². The molecule has 0 radical (unpaired) electrons. The molecule has 0 aromatic heterocycles. The maximum Gasteiger partial charge on any atom is 0.319 e. The first-order valence-corrected chi connectivity index (χ1v) is 11.4. The summed E-state index contributed by atoms with van der Waals surface area (Å²) in [5.41, 5.74) is -0.167. The zero-order valence-corrected chi connectivity index (χ0v) is 18.1. The Hall–Kier alpha value is -2.89. The zero-order chi connectivity index (χ0) is 22.5. The van der Waals surface area contributed by atoms with Crippen LogP contribution in [0.5, 0.6) is 0 Å². The zero-order valence-electron chi connectivity index (χ0n) is 17.3. The lowest BCUT2D eigenvalue weighted by molar-refractivity contribution is -0.384. The summed E-state index contributed by atoms with van der Waals surface area (Å²) in [5.74, 6) is -0.296. The largest absolute Gasteiger partial charge is 0.378 e. The van der Waals surface area contributed by atoms with E-state index in [0.717, 1.165) is 12.3 Å². The van der Waals surface area contributed by atoms with Crippen molar-refractivity contribution in [3.8, 4) is 0 Å². The molecule has 0 bridgehead atoms. The Morgan fingerprint density at radius 3 is 2.40 bits per heavy atom. The van der Waals surface area contributed by atoms with Crippen LogP contribution in [-0.4, -0.2) is 81.6 Å². The number of amides is 3. The van der Waals surface area contributed by atoms with Crippen LogP contribution in [0.15, 0.2) is 23.1 Å². The van der Waals surface area contributed by atoms with Crippen molar-refractivity contribution in [1.29, 1.82) is 0 Å². The molecule has 1 aromatic rings. The number of piperidine rings is 1. The SMILES string of the molecule is CN(C)C(=O)N1CCC(C(=O)NCCNc2ccc(S(C)(=O)=O)cc2[N+](=O)[O-])CC1. The number of benzene rings is 1. The van der Waals surface area contributed by atoms with Gasteiger partial charge in [-0.1, -0.05) is 0 Å². The second-order valence-corrected chi connectivity index (χ2v) is 9.38. The average molecular weight is 442 g/mol. The fourth-order valence-corrected chi connectivity index (χ4v) is 3.83. The number of nitro benzene ring substituents is 1. The molecule has 2 N–H and O–H groups in total. The third-order valence-corrected chi connectivity index (χ3v) is 5.96. The summed E-state index contributed by atoms with van der Waals surface area (Å²) in [6.07, 6.45) is 2.14. The number of hydrogen-bond donors (Lipinski definition) is 2. The van der Waals surface area contributed by atoms with Gasteiger partial charge in [-0.25, -0.2) is 13.2 Å². The van der Waals surface area contributed by atoms with Gasteiger partial charge in [0.15, 0.2) is 9.84 Å². The number of likely N-dealkylation sites (tertiary alicyclic amines) is 1. The summed E-state index contributed by atoms with van der Waals surface area (Å²) in [6, 6.07) is 3.58. The van der Waals surface area contributed by atoms with Crippen molar-refractivity contribution in [2.24, 2.45) is 5.92 Å². The van der Waals surface area contributed by atoms with Gasteiger partial charge in [0.25, 0.3) is 5.69 Å². The number of nitrogens with zero attached hydrogens (tertiary/aromatic N) is 3. The van der Waals surface area contributed by atoms with Crippen molar-refractivity contribution in [3.05, 3.63) is 28.3 Å². The maximum atomic E-state index is 12.3. The molecular formula is C18H27N5O6S. The summed E-state index contributed by atoms with van der Waals surface area (Å²) in [5, 5.41) is 16.9. The minimum absolute atomic E-state index is 0.0680. The van der Waals surface area contributed by atoms with Crippen molar-refractivity contribution in [1.82, 2.24) is 15.1 Å². The van der Waals surface area contributed by atoms with Gasteiger partial charge < -0.3 is 20.4 Å². The fourth-order valence-electron chi connectivity index (χ4n) is 3.19. The van der Waals surface area contributed by atoms with Crippen molar-refractivity contribution >= 4 is 33.2 Å². The summed E-state index contributed by atoms with van der Waals surface area (Å²) in [7, 11) is -0.180. The van der Waals surface area contributed by atoms with E-state index in [1.165, 1.54) is 17.0 Å². The lowest BCUT2D eigenvalue weighted by Crippen LogP contribution is -2.46. The molecule has 2 rings (SSSR count). The van der Waals surface area contributed by atoms with Crippen LogP contribution in [0.2, 0.25) is 0 Å². The summed E-state index contributed by atoms with van der Waals surface area (Å²) in [4.78, 5) is 37.9. The molecule has 1 aliphatic rings. The molecule has 11 nitrogen and oxygen atoms in total. The molecule has 0 spiro atoms. The second kappa shape index (κ2) is 9.74. The molecule has 0 unspecified atom stereocenters. The van der Waals surface area contributed by atoms with E-state index >= 15 is 0 Å². The van der Waals surface area contributed by atoms with E-state index in [1.807, 2.05) is 0 Å². The highest BCUT2D eigenvalue weighted by Gasteiger charge is 2.27. The topological polar surface area (TPSA) is 142 Å². The molecule has 0 atom stereocenters. The van der Waals surface area contributed by atoms with E-state index in [-0.39, 0.29) is 47.2 Å². The normalized spacial score (nSPS) is 14.8. The van der Waals surface area contributed by atoms with Gasteiger partial charge in [-0.15, -0.1) is 0 Å². The first kappa shape index (κ1) is 23.4. The number of carbonyl (C=O) groups is 2. The van der Waals surface area contributed by atoms with Gasteiger partial charge in [-0.05, 0) is 25.0 Å². The Morgan fingerprint density at radius 1 is 1.23 bits per heavy atom. The monoisotopic (exact) mass is 441 g/mol. The second-order valence-electron chi connectivity index (χ2n) is 7.36. The number of urea groups is 1. The van der Waals surface area contributed by atoms with Crippen LogP contribution < -0.4 is 10.6 Å². The molecule has 3 amide bonds. The number of hydrogen-bond acceptors (Lipinski definition) is 7. The molecular weight excluding hydrogens is 414 g/mol. The van der Waals surface area contributed by atoms with Crippen LogP contribution in [0, 0.1) is 16.0 Å². The maximum absolute atomic E-state index is 12.3. The highest BCUT2D eigenvalue weighted by Crippen LogP contribution is 2.27. The third kappa shape index (κ3) is 6.05. The van der Waals surface area contributed by atoms with Gasteiger partial charge in [-0.2, -0.15) is 0 Å². The van der Waals surface area contributed by atoms with Gasteiger partial charge in [0.2, 0.25) is 5.91 Å². The van der Waals surface area contributed by atoms with Gasteiger partial charge >= 0.3 is 6.03 Å². The standard InChI is InChI=1S/C18H27N5O6S/c1-21(2)18(25)22-10-6-13(7-11-22)17(24)20-9-8-19-15-5-4-14(30(3,28)29)12-16(15)23(26)27/h4-5,12-13,19H,6-11H2,1-3H3,(H,20,24). The number of nitro groups is 1. The van der Waals surface area contributed by atoms with E-state index in [0.29, 0.717) is 25.9 Å². The Kier molecular flexibility index (Phi) is 7.59. The van der Waals surface area contributed by atoms with Gasteiger partial charge in [0, 0.05) is 58.5 Å². The van der Waals surface area contributed by atoms with Crippen molar-refractivity contribution in [2.75, 3.05) is 51.8 Å². The number of rotatable bonds is 7. The van der Waals surface area contributed by atoms with Crippen molar-refractivity contribution in [3.63, 3.8) is 0 Å². The molecule has 30 heavy (non-hydrogen) atoms. The fraction of sp³-hybridized carbons (Fsp3) is 0.556. The van der Waals surface area contributed by atoms with E-state index in [2.05, 4.69) is 10.6 Å². The summed E-state index contributed by atoms with van der Waals surface area (Å²) >= 11 is 0. The molecule has 1 aliphatic heterocycles. The Bertz CT molecular complexity index is 910. The average Bonchev–Trinajstić information content (AvgIpc) is 2.69. The molecule has 12 heteroatoms. The minimum Gasteiger partial charge on any atom is -0.378 e. The smallest absolute Gasteiger partial charge is 0.319 e. The van der Waals surface area contributed by atoms with Crippen LogP contribution >= 0.6 is 0 Å². The summed E-state index contributed by atoms with van der Waals surface area (Å²) < 4.78 is 23.2. The van der Waals surface area contributed by atoms with E-state index < -0.39 is 14.8 Å². The Balaban J connectivity index is 1.83. The molecule has 1 fully saturated rings. The number of sulfone groups is 1. The van der Waals surface area contributed by atoms with Crippen LogP contribution in [0.1, 0.15) is 12.8 Å². The van der Waals surface area contributed by atoms with E-state index in [1.54, 1.807) is 19.0 Å². The molecule has 1 aromatic carbocycles. The number of anilines is 1. The Morgan fingerprint density at radius 2 is 1.87 bits per heavy atom. The third-order valence-electron chi connectivity index (χ3n) is 4.85. The van der Waals surface area contributed by atoms with Crippen LogP contribution in [0.25, 0.3) is 0 Å². The molecule has 0 aliphatic carbocycles. The first-order chi connectivity index (χ1) is 14.0. The molecule has 0 saturated carbocycles. The van der Waals surface area contributed by atoms with Crippen molar-refractivity contribution in [2.45, 2.75) is 17.7 Å². The summed E-state index contributed by atoms with van der Waals surface area (Å²) in [6.45, 7) is 1.53. The molecule has 166 valence electrons. The van der Waals surface area contributed by atoms with Gasteiger partial charge in [-0.3, -0.25) is 14.9 Å². The van der Waals surface area contributed by atoms with Crippen LogP contribution in [0.3, 0.4) is 0 Å². The number of carbonyl (C=O) groups excluding carboxylic acids is 2. The van der Waals surface area contributed by atoms with E-state index in [9.17, 15) is 28.1 Å². The van der Waals surface area contributed by atoms with Gasteiger partial charge in [0.05, 0.1) is 9.82 Å². The van der Waals surface area contributed by atoms with Crippen LogP contribution in [-0.2, 0) is 14.6 Å². The quantitative estimate of drug-likeness (QED) is 0.364. The van der Waals surface area contributed by atoms with Crippen molar-refractivity contribution < 1.29 is 22.9 Å². The lowest BCUT2D eigenvalue weighted by atomic mass is 9.96. The highest BCUT2D eigenvalue weighted by molar-refractivity contribution is 7.90. The van der Waals surface area contributed by atoms with Gasteiger partial charge in [0.1, 0.15) is 5.69 Å².